The molecule has 0 spiro atoms. The summed E-state index contributed by atoms with van der Waals surface area (Å²) < 4.78 is 6.65. The number of amides is 1. The number of aromatic nitrogens is 1. The van der Waals surface area contributed by atoms with Crippen molar-refractivity contribution in [2.24, 2.45) is 0 Å². The maximum atomic E-state index is 12.3. The van der Waals surface area contributed by atoms with Gasteiger partial charge in [-0.05, 0) is 55.0 Å². The van der Waals surface area contributed by atoms with Gasteiger partial charge >= 0.3 is 0 Å². The number of thiazole rings is 1. The number of hydrogen-bond acceptors (Lipinski definition) is 4. The van der Waals surface area contributed by atoms with Crippen LogP contribution in [0, 0.1) is 6.92 Å². The first-order valence-corrected chi connectivity index (χ1v) is 10.4. The number of para-hydroxylation sites is 1. The fraction of sp³-hybridized carbons (Fsp3) is 0.0909. The van der Waals surface area contributed by atoms with E-state index in [1.807, 2.05) is 43.3 Å². The molecule has 4 rings (SSSR count). The van der Waals surface area contributed by atoms with E-state index in [0.717, 1.165) is 26.4 Å². The SMILES string of the molecule is Cc1cc(OCC(=O)Nc2cc(-c3nc4ccccc4s3)ccc2Cl)ccc1Cl. The fourth-order valence-corrected chi connectivity index (χ4v) is 4.04. The molecule has 0 radical (unpaired) electrons. The summed E-state index contributed by atoms with van der Waals surface area (Å²) in [6.07, 6.45) is 0. The van der Waals surface area contributed by atoms with Crippen molar-refractivity contribution in [2.45, 2.75) is 6.92 Å². The van der Waals surface area contributed by atoms with Crippen LogP contribution in [0.2, 0.25) is 10.0 Å². The number of aryl methyl sites for hydroxylation is 1. The van der Waals surface area contributed by atoms with Crippen LogP contribution in [0.15, 0.2) is 60.7 Å². The maximum absolute atomic E-state index is 12.3. The minimum absolute atomic E-state index is 0.136. The number of rotatable bonds is 5. The normalized spacial score (nSPS) is 10.9. The standard InChI is InChI=1S/C22H16Cl2N2O2S/c1-13-10-15(7-9-16(13)23)28-12-21(27)25-19-11-14(6-8-17(19)24)22-26-18-4-2-3-5-20(18)29-22/h2-11H,12H2,1H3,(H,25,27). The average Bonchev–Trinajstić information content (AvgIpc) is 3.15. The van der Waals surface area contributed by atoms with Crippen LogP contribution >= 0.6 is 34.5 Å². The zero-order valence-corrected chi connectivity index (χ0v) is 17.7. The molecule has 4 aromatic rings. The number of anilines is 1. The van der Waals surface area contributed by atoms with E-state index in [9.17, 15) is 4.79 Å². The van der Waals surface area contributed by atoms with Crippen LogP contribution in [-0.2, 0) is 4.79 Å². The molecule has 0 bridgehead atoms. The van der Waals surface area contributed by atoms with Crippen LogP contribution < -0.4 is 10.1 Å². The Kier molecular flexibility index (Phi) is 5.72. The van der Waals surface area contributed by atoms with Gasteiger partial charge in [-0.25, -0.2) is 4.98 Å². The van der Waals surface area contributed by atoms with Crippen LogP contribution in [0.25, 0.3) is 20.8 Å². The summed E-state index contributed by atoms with van der Waals surface area (Å²) in [5.41, 5.74) is 3.24. The first-order valence-electron chi connectivity index (χ1n) is 8.84. The molecule has 1 N–H and O–H groups in total. The van der Waals surface area contributed by atoms with E-state index in [1.165, 1.54) is 0 Å². The van der Waals surface area contributed by atoms with Gasteiger partial charge in [-0.1, -0.05) is 41.4 Å². The third-order valence-corrected chi connectivity index (χ3v) is 6.12. The molecule has 146 valence electrons. The molecule has 0 aliphatic heterocycles. The second-order valence-corrected chi connectivity index (χ2v) is 8.27. The third-order valence-electron chi connectivity index (χ3n) is 4.28. The summed E-state index contributed by atoms with van der Waals surface area (Å²) in [6, 6.07) is 18.7. The zero-order valence-electron chi connectivity index (χ0n) is 15.4. The molecule has 3 aromatic carbocycles. The van der Waals surface area contributed by atoms with E-state index in [2.05, 4.69) is 10.3 Å². The van der Waals surface area contributed by atoms with Crippen LogP contribution in [0.5, 0.6) is 5.75 Å². The molecular formula is C22H16Cl2N2O2S. The molecule has 0 saturated heterocycles. The van der Waals surface area contributed by atoms with Gasteiger partial charge in [0.25, 0.3) is 5.91 Å². The summed E-state index contributed by atoms with van der Waals surface area (Å²) in [7, 11) is 0. The predicted molar refractivity (Wildman–Crippen MR) is 120 cm³/mol. The molecule has 0 aliphatic rings. The number of benzene rings is 3. The molecule has 0 aliphatic carbocycles. The molecule has 1 aromatic heterocycles. The van der Waals surface area contributed by atoms with Crippen molar-refractivity contribution in [1.29, 1.82) is 0 Å². The van der Waals surface area contributed by atoms with Gasteiger partial charge in [0.15, 0.2) is 6.61 Å². The van der Waals surface area contributed by atoms with Crippen molar-refractivity contribution in [1.82, 2.24) is 4.98 Å². The van der Waals surface area contributed by atoms with Crippen LogP contribution in [-0.4, -0.2) is 17.5 Å². The lowest BCUT2D eigenvalue weighted by atomic mass is 10.2. The van der Waals surface area contributed by atoms with E-state index in [4.69, 9.17) is 27.9 Å². The van der Waals surface area contributed by atoms with Crippen LogP contribution in [0.1, 0.15) is 5.56 Å². The average molecular weight is 443 g/mol. The van der Waals surface area contributed by atoms with E-state index in [-0.39, 0.29) is 12.5 Å². The molecule has 7 heteroatoms. The largest absolute Gasteiger partial charge is 0.484 e. The van der Waals surface area contributed by atoms with Crippen molar-refractivity contribution in [3.8, 4) is 16.3 Å². The van der Waals surface area contributed by atoms with Gasteiger partial charge < -0.3 is 10.1 Å². The Morgan fingerprint density at radius 1 is 1.07 bits per heavy atom. The van der Waals surface area contributed by atoms with Crippen molar-refractivity contribution in [3.05, 3.63) is 76.3 Å². The first kappa shape index (κ1) is 19.7. The Hall–Kier alpha value is -2.60. The highest BCUT2D eigenvalue weighted by atomic mass is 35.5. The van der Waals surface area contributed by atoms with Crippen molar-refractivity contribution in [2.75, 3.05) is 11.9 Å². The van der Waals surface area contributed by atoms with Gasteiger partial charge in [0.1, 0.15) is 10.8 Å². The summed E-state index contributed by atoms with van der Waals surface area (Å²) >= 11 is 13.9. The number of carbonyl (C=O) groups is 1. The summed E-state index contributed by atoms with van der Waals surface area (Å²) in [5, 5.41) is 4.77. The number of carbonyl (C=O) groups excluding carboxylic acids is 1. The lowest BCUT2D eigenvalue weighted by Crippen LogP contribution is -2.20. The highest BCUT2D eigenvalue weighted by molar-refractivity contribution is 7.21. The zero-order chi connectivity index (χ0) is 20.4. The highest BCUT2D eigenvalue weighted by Gasteiger charge is 2.12. The van der Waals surface area contributed by atoms with E-state index < -0.39 is 0 Å². The Bertz CT molecular complexity index is 1170. The predicted octanol–water partition coefficient (Wildman–Crippen LogP) is 6.60. The minimum atomic E-state index is -0.305. The molecule has 0 atom stereocenters. The van der Waals surface area contributed by atoms with Gasteiger partial charge in [0, 0.05) is 10.6 Å². The van der Waals surface area contributed by atoms with Gasteiger partial charge in [0.05, 0.1) is 20.9 Å². The highest BCUT2D eigenvalue weighted by Crippen LogP contribution is 2.33. The summed E-state index contributed by atoms with van der Waals surface area (Å²) in [4.78, 5) is 17.0. The van der Waals surface area contributed by atoms with Gasteiger partial charge in [0.2, 0.25) is 0 Å². The number of nitrogens with zero attached hydrogens (tertiary/aromatic N) is 1. The number of halogens is 2. The molecule has 29 heavy (non-hydrogen) atoms. The third kappa shape index (κ3) is 4.53. The fourth-order valence-electron chi connectivity index (χ4n) is 2.79. The first-order chi connectivity index (χ1) is 14.0. The van der Waals surface area contributed by atoms with Gasteiger partial charge in [-0.2, -0.15) is 0 Å². The molecule has 4 nitrogen and oxygen atoms in total. The lowest BCUT2D eigenvalue weighted by molar-refractivity contribution is -0.118. The smallest absolute Gasteiger partial charge is 0.262 e. The van der Waals surface area contributed by atoms with E-state index in [0.29, 0.717) is 21.5 Å². The van der Waals surface area contributed by atoms with Gasteiger partial charge in [-0.3, -0.25) is 4.79 Å². The molecular weight excluding hydrogens is 427 g/mol. The number of fused-ring (bicyclic) bond motifs is 1. The molecule has 1 amide bonds. The monoisotopic (exact) mass is 442 g/mol. The van der Waals surface area contributed by atoms with Gasteiger partial charge in [-0.15, -0.1) is 11.3 Å². The number of hydrogen-bond donors (Lipinski definition) is 1. The van der Waals surface area contributed by atoms with Crippen LogP contribution in [0.3, 0.4) is 0 Å². The Morgan fingerprint density at radius 2 is 1.86 bits per heavy atom. The second kappa shape index (κ2) is 8.41. The number of nitrogens with one attached hydrogen (secondary N) is 1. The van der Waals surface area contributed by atoms with E-state index in [1.54, 1.807) is 35.6 Å². The summed E-state index contributed by atoms with van der Waals surface area (Å²) in [6.45, 7) is 1.74. The van der Waals surface area contributed by atoms with Crippen molar-refractivity contribution in [3.63, 3.8) is 0 Å². The lowest BCUT2D eigenvalue weighted by Gasteiger charge is -2.10. The molecule has 0 fully saturated rings. The quantitative estimate of drug-likeness (QED) is 0.378. The molecule has 0 unspecified atom stereocenters. The van der Waals surface area contributed by atoms with E-state index >= 15 is 0 Å². The topological polar surface area (TPSA) is 51.2 Å². The Balaban J connectivity index is 1.48. The second-order valence-electron chi connectivity index (χ2n) is 6.43. The van der Waals surface area contributed by atoms with Crippen molar-refractivity contribution >= 4 is 56.3 Å². The van der Waals surface area contributed by atoms with Crippen LogP contribution in [0.4, 0.5) is 5.69 Å². The molecule has 1 heterocycles. The maximum Gasteiger partial charge on any atom is 0.262 e. The Morgan fingerprint density at radius 3 is 2.66 bits per heavy atom. The van der Waals surface area contributed by atoms with Crippen molar-refractivity contribution < 1.29 is 9.53 Å². The minimum Gasteiger partial charge on any atom is -0.484 e. The Labute approximate surface area is 182 Å². The molecule has 0 saturated carbocycles. The number of ether oxygens (including phenoxy) is 1. The summed E-state index contributed by atoms with van der Waals surface area (Å²) in [5.74, 6) is 0.275.